The van der Waals surface area contributed by atoms with Crippen LogP contribution in [0.2, 0.25) is 10.0 Å². The highest BCUT2D eigenvalue weighted by atomic mass is 35.5. The van der Waals surface area contributed by atoms with Crippen LogP contribution in [-0.4, -0.2) is 9.97 Å². The van der Waals surface area contributed by atoms with Crippen molar-refractivity contribution in [2.24, 2.45) is 0 Å². The fourth-order valence-electron chi connectivity index (χ4n) is 2.59. The molecule has 0 unspecified atom stereocenters. The van der Waals surface area contributed by atoms with E-state index in [2.05, 4.69) is 15.3 Å². The second-order valence-corrected chi connectivity index (χ2v) is 7.02. The predicted octanol–water partition coefficient (Wildman–Crippen LogP) is 6.54. The summed E-state index contributed by atoms with van der Waals surface area (Å²) in [4.78, 5) is 7.97. The van der Waals surface area contributed by atoms with Crippen molar-refractivity contribution in [3.8, 4) is 11.6 Å². The van der Waals surface area contributed by atoms with Crippen LogP contribution in [0.15, 0.2) is 36.7 Å². The number of ether oxygens (including phenoxy) is 1. The van der Waals surface area contributed by atoms with Crippen LogP contribution in [0.5, 0.6) is 11.6 Å². The van der Waals surface area contributed by atoms with Crippen LogP contribution in [0.1, 0.15) is 16.7 Å². The van der Waals surface area contributed by atoms with Crippen molar-refractivity contribution in [3.63, 3.8) is 0 Å². The molecule has 2 aromatic carbocycles. The molecule has 0 radical (unpaired) electrons. The number of nitrogens with one attached hydrogen (secondary N) is 1. The van der Waals surface area contributed by atoms with Crippen LogP contribution in [0.3, 0.4) is 0 Å². The van der Waals surface area contributed by atoms with Crippen molar-refractivity contribution in [2.45, 2.75) is 20.0 Å². The average molecular weight is 443 g/mol. The van der Waals surface area contributed by atoms with Crippen molar-refractivity contribution in [1.82, 2.24) is 9.97 Å². The van der Waals surface area contributed by atoms with E-state index in [0.717, 1.165) is 23.3 Å². The van der Waals surface area contributed by atoms with Crippen LogP contribution in [-0.2, 0) is 6.18 Å². The van der Waals surface area contributed by atoms with Gasteiger partial charge in [-0.2, -0.15) is 18.2 Å². The van der Waals surface area contributed by atoms with Crippen LogP contribution in [0, 0.1) is 13.8 Å². The molecule has 0 saturated heterocycles. The lowest BCUT2D eigenvalue weighted by atomic mass is 10.1. The molecular formula is C19H15Cl2F3N4O. The minimum atomic E-state index is -4.59. The Bertz CT molecular complexity index is 1050. The Morgan fingerprint density at radius 3 is 2.31 bits per heavy atom. The Hall–Kier alpha value is -2.71. The van der Waals surface area contributed by atoms with Crippen LogP contribution >= 0.6 is 23.2 Å². The summed E-state index contributed by atoms with van der Waals surface area (Å²) in [5.41, 5.74) is 6.84. The van der Waals surface area contributed by atoms with E-state index in [-0.39, 0.29) is 23.1 Å². The molecule has 152 valence electrons. The van der Waals surface area contributed by atoms with E-state index in [4.69, 9.17) is 33.7 Å². The standard InChI is InChI=1S/C19H15Cl2F3N4O/c1-9-5-12(6-10(2)15(9)21)29-18-16(25)17(26-8-27-18)28-11-3-4-14(20)13(7-11)19(22,23)24/h3-8H,25H2,1-2H3,(H,26,27,28). The van der Waals surface area contributed by atoms with Gasteiger partial charge in [-0.25, -0.2) is 4.98 Å². The van der Waals surface area contributed by atoms with Crippen molar-refractivity contribution in [3.05, 3.63) is 63.4 Å². The molecule has 0 fully saturated rings. The van der Waals surface area contributed by atoms with Crippen LogP contribution < -0.4 is 15.8 Å². The monoisotopic (exact) mass is 442 g/mol. The number of aromatic nitrogens is 2. The highest BCUT2D eigenvalue weighted by Crippen LogP contribution is 2.38. The number of benzene rings is 2. The Morgan fingerprint density at radius 2 is 1.69 bits per heavy atom. The molecule has 3 N–H and O–H groups in total. The summed E-state index contributed by atoms with van der Waals surface area (Å²) >= 11 is 11.8. The maximum atomic E-state index is 13.1. The van der Waals surface area contributed by atoms with Crippen LogP contribution in [0.4, 0.5) is 30.4 Å². The van der Waals surface area contributed by atoms with E-state index in [9.17, 15) is 13.2 Å². The summed E-state index contributed by atoms with van der Waals surface area (Å²) in [5, 5.41) is 2.95. The Balaban J connectivity index is 1.90. The SMILES string of the molecule is Cc1cc(Oc2ncnc(Nc3ccc(Cl)c(C(F)(F)F)c3)c2N)cc(C)c1Cl. The largest absolute Gasteiger partial charge is 0.437 e. The van der Waals surface area contributed by atoms with Crippen LogP contribution in [0.25, 0.3) is 0 Å². The zero-order valence-electron chi connectivity index (χ0n) is 15.2. The highest BCUT2D eigenvalue weighted by molar-refractivity contribution is 6.32. The van der Waals surface area contributed by atoms with Gasteiger partial charge in [0.05, 0.1) is 10.6 Å². The second-order valence-electron chi connectivity index (χ2n) is 6.23. The molecule has 10 heteroatoms. The number of nitrogen functional groups attached to an aromatic ring is 1. The number of anilines is 3. The number of rotatable bonds is 4. The van der Waals surface area contributed by atoms with Gasteiger partial charge in [0.25, 0.3) is 0 Å². The van der Waals surface area contributed by atoms with Crippen molar-refractivity contribution < 1.29 is 17.9 Å². The first-order valence-electron chi connectivity index (χ1n) is 8.25. The Kier molecular flexibility index (Phi) is 5.77. The molecule has 0 amide bonds. The van der Waals surface area contributed by atoms with Gasteiger partial charge in [-0.15, -0.1) is 0 Å². The first-order valence-corrected chi connectivity index (χ1v) is 9.00. The summed E-state index contributed by atoms with van der Waals surface area (Å²) in [5.74, 6) is 0.605. The summed E-state index contributed by atoms with van der Waals surface area (Å²) in [6.07, 6.45) is -3.41. The smallest absolute Gasteiger partial charge is 0.417 e. The van der Waals surface area contributed by atoms with E-state index in [0.29, 0.717) is 10.8 Å². The molecule has 3 aromatic rings. The number of nitrogens with two attached hydrogens (primary N) is 1. The van der Waals surface area contributed by atoms with E-state index >= 15 is 0 Å². The third kappa shape index (κ3) is 4.65. The molecule has 0 spiro atoms. The third-order valence-corrected chi connectivity index (χ3v) is 4.93. The molecule has 1 heterocycles. The van der Waals surface area contributed by atoms with E-state index in [1.165, 1.54) is 12.4 Å². The van der Waals surface area contributed by atoms with Gasteiger partial charge in [0, 0.05) is 10.7 Å². The molecule has 5 nitrogen and oxygen atoms in total. The predicted molar refractivity (Wildman–Crippen MR) is 107 cm³/mol. The van der Waals surface area contributed by atoms with E-state index < -0.39 is 16.8 Å². The number of halogens is 5. The van der Waals surface area contributed by atoms with Gasteiger partial charge in [-0.05, 0) is 55.3 Å². The van der Waals surface area contributed by atoms with Gasteiger partial charge in [-0.1, -0.05) is 23.2 Å². The van der Waals surface area contributed by atoms with Gasteiger partial charge in [0.2, 0.25) is 5.88 Å². The van der Waals surface area contributed by atoms with Gasteiger partial charge in [0.1, 0.15) is 17.8 Å². The molecule has 0 aliphatic rings. The number of aryl methyl sites for hydroxylation is 2. The zero-order chi connectivity index (χ0) is 21.3. The van der Waals surface area contributed by atoms with Gasteiger partial charge >= 0.3 is 6.18 Å². The number of nitrogens with zero attached hydrogens (tertiary/aromatic N) is 2. The lowest BCUT2D eigenvalue weighted by Gasteiger charge is -2.14. The van der Waals surface area contributed by atoms with Crippen molar-refractivity contribution in [1.29, 1.82) is 0 Å². The topological polar surface area (TPSA) is 73.1 Å². The quantitative estimate of drug-likeness (QED) is 0.479. The Morgan fingerprint density at radius 1 is 1.03 bits per heavy atom. The lowest BCUT2D eigenvalue weighted by Crippen LogP contribution is -2.07. The zero-order valence-corrected chi connectivity index (χ0v) is 16.7. The van der Waals surface area contributed by atoms with Gasteiger partial charge in [0.15, 0.2) is 5.82 Å². The lowest BCUT2D eigenvalue weighted by molar-refractivity contribution is -0.137. The van der Waals surface area contributed by atoms with E-state index in [1.807, 2.05) is 13.8 Å². The summed E-state index contributed by atoms with van der Waals surface area (Å²) in [6, 6.07) is 6.83. The fourth-order valence-corrected chi connectivity index (χ4v) is 2.93. The number of hydrogen-bond donors (Lipinski definition) is 2. The molecular weight excluding hydrogens is 428 g/mol. The molecule has 0 bridgehead atoms. The highest BCUT2D eigenvalue weighted by Gasteiger charge is 2.33. The Labute approximate surface area is 174 Å². The number of alkyl halides is 3. The molecule has 1 aromatic heterocycles. The molecule has 0 atom stereocenters. The summed E-state index contributed by atoms with van der Waals surface area (Å²) in [6.45, 7) is 3.66. The fraction of sp³-hybridized carbons (Fsp3) is 0.158. The first-order chi connectivity index (χ1) is 13.6. The number of hydrogen-bond acceptors (Lipinski definition) is 5. The third-order valence-electron chi connectivity index (χ3n) is 4.01. The average Bonchev–Trinajstić information content (AvgIpc) is 2.63. The van der Waals surface area contributed by atoms with Crippen molar-refractivity contribution >= 4 is 40.4 Å². The maximum Gasteiger partial charge on any atom is 0.417 e. The summed E-state index contributed by atoms with van der Waals surface area (Å²) in [7, 11) is 0. The maximum absolute atomic E-state index is 13.1. The van der Waals surface area contributed by atoms with Gasteiger partial charge in [-0.3, -0.25) is 0 Å². The van der Waals surface area contributed by atoms with Crippen molar-refractivity contribution in [2.75, 3.05) is 11.1 Å². The second kappa shape index (κ2) is 7.96. The van der Waals surface area contributed by atoms with E-state index in [1.54, 1.807) is 12.1 Å². The summed E-state index contributed by atoms with van der Waals surface area (Å²) < 4.78 is 44.9. The molecule has 0 aliphatic heterocycles. The van der Waals surface area contributed by atoms with Gasteiger partial charge < -0.3 is 15.8 Å². The minimum Gasteiger partial charge on any atom is -0.437 e. The normalized spacial score (nSPS) is 11.4. The minimum absolute atomic E-state index is 0.0289. The molecule has 0 aliphatic carbocycles. The molecule has 0 saturated carbocycles. The molecule has 29 heavy (non-hydrogen) atoms. The first kappa shape index (κ1) is 21.0. The molecule has 3 rings (SSSR count).